The highest BCUT2D eigenvalue weighted by Crippen LogP contribution is 2.19. The quantitative estimate of drug-likeness (QED) is 0.681. The lowest BCUT2D eigenvalue weighted by atomic mass is 10.1. The van der Waals surface area contributed by atoms with E-state index in [0.717, 1.165) is 17.1 Å². The minimum absolute atomic E-state index is 0.0233. The molecule has 0 saturated carbocycles. The summed E-state index contributed by atoms with van der Waals surface area (Å²) in [5.74, 6) is 1.99. The first-order valence-electron chi connectivity index (χ1n) is 8.58. The molecule has 1 aromatic carbocycles. The summed E-state index contributed by atoms with van der Waals surface area (Å²) in [5, 5.41) is 8.41. The number of carbonyl (C=O) groups is 1. The standard InChI is InChI=1S/C19H23N5O2/c1-13(11-24-15(3)20-14(2)21-24)19(25)23(4)12-17-10-18(22-26-17)16-8-6-5-7-9-16/h5-10,13H,11-12H2,1-4H3/t13-/m1/s1. The van der Waals surface area contributed by atoms with Gasteiger partial charge in [-0.1, -0.05) is 42.4 Å². The van der Waals surface area contributed by atoms with Crippen LogP contribution in [0.5, 0.6) is 0 Å². The molecule has 0 N–H and O–H groups in total. The molecule has 3 rings (SSSR count). The van der Waals surface area contributed by atoms with Gasteiger partial charge in [-0.05, 0) is 13.8 Å². The third kappa shape index (κ3) is 3.99. The van der Waals surface area contributed by atoms with Gasteiger partial charge in [0.2, 0.25) is 5.91 Å². The van der Waals surface area contributed by atoms with Crippen LogP contribution in [-0.2, 0) is 17.9 Å². The SMILES string of the molecule is Cc1nc(C)n(C[C@@H](C)C(=O)N(C)Cc2cc(-c3ccccc3)no2)n1. The molecule has 0 aliphatic rings. The van der Waals surface area contributed by atoms with E-state index < -0.39 is 0 Å². The summed E-state index contributed by atoms with van der Waals surface area (Å²) < 4.78 is 7.16. The van der Waals surface area contributed by atoms with Gasteiger partial charge in [0.05, 0.1) is 19.0 Å². The number of hydrogen-bond acceptors (Lipinski definition) is 5. The Kier molecular flexibility index (Phi) is 5.16. The molecule has 0 aliphatic heterocycles. The molecule has 0 radical (unpaired) electrons. The number of aryl methyl sites for hydroxylation is 2. The number of benzene rings is 1. The lowest BCUT2D eigenvalue weighted by Gasteiger charge is -2.20. The van der Waals surface area contributed by atoms with Crippen molar-refractivity contribution in [3.8, 4) is 11.3 Å². The predicted octanol–water partition coefficient (Wildman–Crippen LogP) is 2.84. The van der Waals surface area contributed by atoms with Crippen LogP contribution < -0.4 is 0 Å². The van der Waals surface area contributed by atoms with E-state index in [1.54, 1.807) is 16.6 Å². The maximum Gasteiger partial charge on any atom is 0.227 e. The topological polar surface area (TPSA) is 77.0 Å². The fraction of sp³-hybridized carbons (Fsp3) is 0.368. The number of aromatic nitrogens is 4. The molecule has 0 aliphatic carbocycles. The number of rotatable bonds is 6. The average molecular weight is 353 g/mol. The minimum Gasteiger partial charge on any atom is -0.359 e. The molecule has 0 unspecified atom stereocenters. The third-order valence-corrected chi connectivity index (χ3v) is 4.23. The van der Waals surface area contributed by atoms with E-state index in [-0.39, 0.29) is 11.8 Å². The Bertz CT molecular complexity index is 884. The second-order valence-electron chi connectivity index (χ2n) is 6.53. The maximum atomic E-state index is 12.6. The van der Waals surface area contributed by atoms with Crippen LogP contribution in [0.3, 0.4) is 0 Å². The molecule has 2 aromatic heterocycles. The Labute approximate surface area is 152 Å². The lowest BCUT2D eigenvalue weighted by molar-refractivity contribution is -0.135. The van der Waals surface area contributed by atoms with Gasteiger partial charge in [0.1, 0.15) is 17.3 Å². The summed E-state index contributed by atoms with van der Waals surface area (Å²) in [6, 6.07) is 11.7. The Morgan fingerprint density at radius 2 is 2.00 bits per heavy atom. The van der Waals surface area contributed by atoms with E-state index in [1.165, 1.54) is 0 Å². The number of amides is 1. The Balaban J connectivity index is 1.62. The highest BCUT2D eigenvalue weighted by molar-refractivity contribution is 5.78. The summed E-state index contributed by atoms with van der Waals surface area (Å²) in [7, 11) is 1.77. The van der Waals surface area contributed by atoms with Gasteiger partial charge in [-0.3, -0.25) is 4.79 Å². The molecule has 7 nitrogen and oxygen atoms in total. The van der Waals surface area contributed by atoms with Crippen molar-refractivity contribution >= 4 is 5.91 Å². The van der Waals surface area contributed by atoms with Gasteiger partial charge in [0.25, 0.3) is 0 Å². The van der Waals surface area contributed by atoms with Crippen molar-refractivity contribution in [2.24, 2.45) is 5.92 Å². The van der Waals surface area contributed by atoms with E-state index >= 15 is 0 Å². The molecule has 0 fully saturated rings. The molecule has 136 valence electrons. The Morgan fingerprint density at radius 3 is 2.65 bits per heavy atom. The highest BCUT2D eigenvalue weighted by atomic mass is 16.5. The zero-order valence-corrected chi connectivity index (χ0v) is 15.5. The highest BCUT2D eigenvalue weighted by Gasteiger charge is 2.21. The van der Waals surface area contributed by atoms with Gasteiger partial charge < -0.3 is 9.42 Å². The van der Waals surface area contributed by atoms with Crippen LogP contribution in [0.2, 0.25) is 0 Å². The van der Waals surface area contributed by atoms with Crippen LogP contribution in [0, 0.1) is 19.8 Å². The van der Waals surface area contributed by atoms with Gasteiger partial charge in [-0.2, -0.15) is 5.10 Å². The molecule has 1 atom stereocenters. The van der Waals surface area contributed by atoms with Gasteiger partial charge in [0.15, 0.2) is 5.76 Å². The van der Waals surface area contributed by atoms with Crippen LogP contribution in [0.25, 0.3) is 11.3 Å². The summed E-state index contributed by atoms with van der Waals surface area (Å²) >= 11 is 0. The van der Waals surface area contributed by atoms with Crippen molar-refractivity contribution in [1.82, 2.24) is 24.8 Å². The van der Waals surface area contributed by atoms with Crippen molar-refractivity contribution in [1.29, 1.82) is 0 Å². The van der Waals surface area contributed by atoms with Crippen LogP contribution >= 0.6 is 0 Å². The van der Waals surface area contributed by atoms with Crippen LogP contribution in [0.1, 0.15) is 24.3 Å². The summed E-state index contributed by atoms with van der Waals surface area (Å²) in [4.78, 5) is 18.6. The second-order valence-corrected chi connectivity index (χ2v) is 6.53. The van der Waals surface area contributed by atoms with E-state index in [0.29, 0.717) is 24.7 Å². The summed E-state index contributed by atoms with van der Waals surface area (Å²) in [5.41, 5.74) is 1.75. The first-order chi connectivity index (χ1) is 12.4. The summed E-state index contributed by atoms with van der Waals surface area (Å²) in [6.45, 7) is 6.50. The fourth-order valence-corrected chi connectivity index (χ4v) is 2.89. The molecule has 26 heavy (non-hydrogen) atoms. The predicted molar refractivity (Wildman–Crippen MR) is 97.1 cm³/mol. The van der Waals surface area contributed by atoms with Crippen molar-refractivity contribution in [3.63, 3.8) is 0 Å². The molecule has 0 saturated heterocycles. The number of carbonyl (C=O) groups excluding carboxylic acids is 1. The van der Waals surface area contributed by atoms with Crippen molar-refractivity contribution in [2.75, 3.05) is 7.05 Å². The van der Waals surface area contributed by atoms with Crippen LogP contribution in [-0.4, -0.2) is 37.8 Å². The van der Waals surface area contributed by atoms with Gasteiger partial charge in [-0.25, -0.2) is 9.67 Å². The first-order valence-corrected chi connectivity index (χ1v) is 8.58. The zero-order valence-electron chi connectivity index (χ0n) is 15.5. The third-order valence-electron chi connectivity index (χ3n) is 4.23. The largest absolute Gasteiger partial charge is 0.359 e. The van der Waals surface area contributed by atoms with Crippen molar-refractivity contribution in [2.45, 2.75) is 33.9 Å². The van der Waals surface area contributed by atoms with Crippen LogP contribution in [0.15, 0.2) is 40.9 Å². The Hall–Kier alpha value is -2.96. The maximum absolute atomic E-state index is 12.6. The number of hydrogen-bond donors (Lipinski definition) is 0. The molecule has 0 spiro atoms. The molecular formula is C19H23N5O2. The monoisotopic (exact) mass is 353 g/mol. The van der Waals surface area contributed by atoms with Gasteiger partial charge in [0, 0.05) is 18.7 Å². The van der Waals surface area contributed by atoms with E-state index in [1.807, 2.05) is 57.2 Å². The molecule has 1 amide bonds. The van der Waals surface area contributed by atoms with Crippen LogP contribution in [0.4, 0.5) is 0 Å². The van der Waals surface area contributed by atoms with Gasteiger partial charge in [-0.15, -0.1) is 0 Å². The van der Waals surface area contributed by atoms with E-state index in [2.05, 4.69) is 15.2 Å². The molecular weight excluding hydrogens is 330 g/mol. The second kappa shape index (κ2) is 7.51. The fourth-order valence-electron chi connectivity index (χ4n) is 2.89. The van der Waals surface area contributed by atoms with Crippen molar-refractivity contribution < 1.29 is 9.32 Å². The minimum atomic E-state index is -0.212. The van der Waals surface area contributed by atoms with E-state index in [4.69, 9.17) is 4.52 Å². The van der Waals surface area contributed by atoms with Gasteiger partial charge >= 0.3 is 0 Å². The number of nitrogens with zero attached hydrogens (tertiary/aromatic N) is 5. The normalized spacial score (nSPS) is 12.2. The smallest absolute Gasteiger partial charge is 0.227 e. The molecule has 0 bridgehead atoms. The molecule has 3 aromatic rings. The zero-order chi connectivity index (χ0) is 18.7. The lowest BCUT2D eigenvalue weighted by Crippen LogP contribution is -2.33. The van der Waals surface area contributed by atoms with Crippen molar-refractivity contribution in [3.05, 3.63) is 53.8 Å². The first kappa shape index (κ1) is 17.8. The van der Waals surface area contributed by atoms with E-state index in [9.17, 15) is 4.79 Å². The summed E-state index contributed by atoms with van der Waals surface area (Å²) in [6.07, 6.45) is 0. The molecule has 7 heteroatoms. The average Bonchev–Trinajstić information content (AvgIpc) is 3.21. The molecule has 2 heterocycles. The Morgan fingerprint density at radius 1 is 1.27 bits per heavy atom.